The van der Waals surface area contributed by atoms with Crippen LogP contribution in [0.1, 0.15) is 10.4 Å². The summed E-state index contributed by atoms with van der Waals surface area (Å²) in [6.07, 6.45) is 1.54. The number of para-hydroxylation sites is 1. The molecule has 0 spiro atoms. The van der Waals surface area contributed by atoms with Crippen molar-refractivity contribution < 1.29 is 23.4 Å². The van der Waals surface area contributed by atoms with E-state index in [1.54, 1.807) is 36.5 Å². The summed E-state index contributed by atoms with van der Waals surface area (Å²) in [6.45, 7) is 0. The molecule has 122 valence electrons. The van der Waals surface area contributed by atoms with Gasteiger partial charge in [-0.05, 0) is 30.3 Å². The third kappa shape index (κ3) is 2.74. The third-order valence-corrected chi connectivity index (χ3v) is 4.23. The molecule has 24 heavy (non-hydrogen) atoms. The molecule has 0 saturated heterocycles. The lowest BCUT2D eigenvalue weighted by Gasteiger charge is -2.19. The van der Waals surface area contributed by atoms with Crippen molar-refractivity contribution in [1.29, 1.82) is 0 Å². The van der Waals surface area contributed by atoms with Crippen LogP contribution in [-0.4, -0.2) is 29.6 Å². The minimum absolute atomic E-state index is 0.0967. The largest absolute Gasteiger partial charge is 0.507 e. The molecule has 3 aromatic rings. The fraction of sp³-hybridized carbons (Fsp3) is 0. The van der Waals surface area contributed by atoms with Crippen molar-refractivity contribution in [3.05, 3.63) is 60.3 Å². The van der Waals surface area contributed by atoms with Gasteiger partial charge in [0, 0.05) is 11.6 Å². The number of rotatable bonds is 4. The van der Waals surface area contributed by atoms with Gasteiger partial charge < -0.3 is 10.2 Å². The number of carboxylic acids is 1. The first kappa shape index (κ1) is 15.8. The molecule has 0 aliphatic rings. The van der Waals surface area contributed by atoms with Crippen LogP contribution in [0.4, 0.5) is 11.4 Å². The Hall–Kier alpha value is -3.13. The van der Waals surface area contributed by atoms with Crippen molar-refractivity contribution in [2.24, 2.45) is 0 Å². The van der Waals surface area contributed by atoms with Crippen LogP contribution in [0.3, 0.4) is 0 Å². The lowest BCUT2D eigenvalue weighted by Crippen LogP contribution is -2.15. The molecule has 0 bridgehead atoms. The molecule has 0 fully saturated rings. The number of hydrogen-bond donors (Lipinski definition) is 3. The van der Waals surface area contributed by atoms with Gasteiger partial charge in [0.05, 0.1) is 16.9 Å². The second kappa shape index (κ2) is 6.17. The summed E-state index contributed by atoms with van der Waals surface area (Å²) in [4.78, 5) is 15.4. The number of nitrogens with zero attached hydrogens (tertiary/aromatic N) is 2. The van der Waals surface area contributed by atoms with Gasteiger partial charge in [-0.1, -0.05) is 18.2 Å². The van der Waals surface area contributed by atoms with Gasteiger partial charge in [-0.25, -0.2) is 17.5 Å². The first-order valence-corrected chi connectivity index (χ1v) is 7.96. The van der Waals surface area contributed by atoms with Crippen LogP contribution in [0.2, 0.25) is 0 Å². The molecule has 0 atom stereocenters. The highest BCUT2D eigenvalue weighted by Crippen LogP contribution is 2.33. The lowest BCUT2D eigenvalue weighted by atomic mass is 10.1. The van der Waals surface area contributed by atoms with Crippen LogP contribution in [-0.2, 0) is 10.9 Å². The molecule has 2 N–H and O–H groups in total. The van der Waals surface area contributed by atoms with E-state index in [1.807, 2.05) is 0 Å². The Morgan fingerprint density at radius 1 is 1.08 bits per heavy atom. The van der Waals surface area contributed by atoms with E-state index in [0.29, 0.717) is 11.2 Å². The molecule has 0 aliphatic heterocycles. The van der Waals surface area contributed by atoms with Crippen LogP contribution in [0, 0.1) is 0 Å². The Kier molecular flexibility index (Phi) is 4.05. The molecule has 7 nitrogen and oxygen atoms in total. The van der Waals surface area contributed by atoms with E-state index in [2.05, 4.69) is 4.98 Å². The summed E-state index contributed by atoms with van der Waals surface area (Å²) < 4.78 is 24.6. The fourth-order valence-corrected chi connectivity index (χ4v) is 3.06. The van der Waals surface area contributed by atoms with E-state index in [-0.39, 0.29) is 11.3 Å². The van der Waals surface area contributed by atoms with Crippen molar-refractivity contribution in [3.63, 3.8) is 0 Å². The standard InChI is InChI=1S/C16H12N2O5S/c19-14-7-6-11(9-12(14)16(20)21)18(24(22)23)13-5-1-3-10-4-2-8-17-15(10)13/h1-9,19,24H,(H,20,21). The number of carbonyl (C=O) groups is 1. The van der Waals surface area contributed by atoms with Gasteiger partial charge in [-0.2, -0.15) is 0 Å². The third-order valence-electron chi connectivity index (χ3n) is 3.46. The molecule has 0 unspecified atom stereocenters. The summed E-state index contributed by atoms with van der Waals surface area (Å²) in [7, 11) is -3.11. The number of carboxylic acid groups (broad SMARTS) is 1. The van der Waals surface area contributed by atoms with Crippen LogP contribution in [0.5, 0.6) is 5.75 Å². The number of aromatic hydroxyl groups is 1. The maximum atomic E-state index is 11.8. The monoisotopic (exact) mass is 344 g/mol. The molecule has 8 heteroatoms. The predicted octanol–water partition coefficient (Wildman–Crippen LogP) is 2.30. The molecule has 0 saturated carbocycles. The van der Waals surface area contributed by atoms with E-state index < -0.39 is 22.6 Å². The molecular weight excluding hydrogens is 332 g/mol. The fourth-order valence-electron chi connectivity index (χ4n) is 2.41. The number of aromatic carboxylic acids is 1. The molecule has 1 heterocycles. The number of fused-ring (bicyclic) bond motifs is 1. The highest BCUT2D eigenvalue weighted by Gasteiger charge is 2.19. The van der Waals surface area contributed by atoms with Crippen molar-refractivity contribution in [2.45, 2.75) is 0 Å². The number of thiol groups is 1. The van der Waals surface area contributed by atoms with E-state index in [0.717, 1.165) is 21.8 Å². The van der Waals surface area contributed by atoms with Crippen molar-refractivity contribution in [3.8, 4) is 5.75 Å². The average molecular weight is 344 g/mol. The van der Waals surface area contributed by atoms with Crippen LogP contribution < -0.4 is 4.31 Å². The summed E-state index contributed by atoms with van der Waals surface area (Å²) in [5.74, 6) is -1.80. The molecule has 1 aromatic heterocycles. The Balaban J connectivity index is 2.25. The summed E-state index contributed by atoms with van der Waals surface area (Å²) >= 11 is 0. The zero-order valence-corrected chi connectivity index (χ0v) is 13.1. The molecule has 2 aromatic carbocycles. The molecular formula is C16H12N2O5S. The van der Waals surface area contributed by atoms with E-state index in [1.165, 1.54) is 6.07 Å². The van der Waals surface area contributed by atoms with Gasteiger partial charge >= 0.3 is 5.97 Å². The zero-order valence-electron chi connectivity index (χ0n) is 12.2. The minimum atomic E-state index is -3.11. The Labute approximate surface area is 138 Å². The van der Waals surface area contributed by atoms with Gasteiger partial charge in [0.25, 0.3) is 0 Å². The number of anilines is 2. The second-order valence-electron chi connectivity index (χ2n) is 4.91. The van der Waals surface area contributed by atoms with Crippen LogP contribution >= 0.6 is 0 Å². The van der Waals surface area contributed by atoms with Crippen molar-refractivity contribution >= 4 is 39.1 Å². The van der Waals surface area contributed by atoms with Gasteiger partial charge in [-0.15, -0.1) is 0 Å². The maximum Gasteiger partial charge on any atom is 0.339 e. The predicted molar refractivity (Wildman–Crippen MR) is 89.3 cm³/mol. The number of phenols is 1. The van der Waals surface area contributed by atoms with E-state index >= 15 is 0 Å². The van der Waals surface area contributed by atoms with Gasteiger partial charge in [0.15, 0.2) is 0 Å². The molecule has 0 amide bonds. The first-order chi connectivity index (χ1) is 11.5. The summed E-state index contributed by atoms with van der Waals surface area (Å²) in [5, 5.41) is 19.5. The van der Waals surface area contributed by atoms with Crippen LogP contribution in [0.15, 0.2) is 54.7 Å². The smallest absolute Gasteiger partial charge is 0.339 e. The number of aromatic nitrogens is 1. The lowest BCUT2D eigenvalue weighted by molar-refractivity contribution is 0.0693. The highest BCUT2D eigenvalue weighted by molar-refractivity contribution is 7.74. The van der Waals surface area contributed by atoms with Crippen molar-refractivity contribution in [2.75, 3.05) is 4.31 Å². The second-order valence-corrected chi connectivity index (χ2v) is 5.78. The molecule has 0 radical (unpaired) electrons. The first-order valence-electron chi connectivity index (χ1n) is 6.83. The Morgan fingerprint density at radius 2 is 1.83 bits per heavy atom. The number of pyridine rings is 1. The Bertz CT molecular complexity index is 1000. The van der Waals surface area contributed by atoms with Gasteiger partial charge in [0.2, 0.25) is 10.9 Å². The number of benzene rings is 2. The minimum Gasteiger partial charge on any atom is -0.507 e. The van der Waals surface area contributed by atoms with E-state index in [4.69, 9.17) is 5.11 Å². The van der Waals surface area contributed by atoms with E-state index in [9.17, 15) is 18.3 Å². The average Bonchev–Trinajstić information content (AvgIpc) is 2.56. The van der Waals surface area contributed by atoms with Crippen LogP contribution in [0.25, 0.3) is 10.9 Å². The summed E-state index contributed by atoms with van der Waals surface area (Å²) in [5.41, 5.74) is 0.470. The maximum absolute atomic E-state index is 11.8. The summed E-state index contributed by atoms with van der Waals surface area (Å²) in [6, 6.07) is 12.2. The Morgan fingerprint density at radius 3 is 2.54 bits per heavy atom. The number of hydrogen-bond acceptors (Lipinski definition) is 5. The van der Waals surface area contributed by atoms with Gasteiger partial charge in [-0.3, -0.25) is 4.98 Å². The normalized spacial score (nSPS) is 10.9. The molecule has 3 rings (SSSR count). The SMILES string of the molecule is O=C(O)c1cc(N(c2cccc3cccnc23)[SH](=O)=O)ccc1O. The zero-order chi connectivity index (χ0) is 17.3. The van der Waals surface area contributed by atoms with Crippen molar-refractivity contribution in [1.82, 2.24) is 4.98 Å². The molecule has 0 aliphatic carbocycles. The highest BCUT2D eigenvalue weighted by atomic mass is 32.2. The topological polar surface area (TPSA) is 108 Å². The quantitative estimate of drug-likeness (QED) is 0.627. The van der Waals surface area contributed by atoms with Gasteiger partial charge in [0.1, 0.15) is 11.3 Å².